The third-order valence-corrected chi connectivity index (χ3v) is 7.43. The van der Waals surface area contributed by atoms with Crippen LogP contribution in [-0.4, -0.2) is 53.8 Å². The van der Waals surface area contributed by atoms with Crippen LogP contribution in [0, 0.1) is 0 Å². The normalized spacial score (nSPS) is 18.4. The molecule has 3 heterocycles. The molecule has 4 N–H and O–H groups in total. The second-order valence-corrected chi connectivity index (χ2v) is 9.40. The van der Waals surface area contributed by atoms with Crippen LogP contribution >= 0.6 is 34.3 Å². The van der Waals surface area contributed by atoms with Gasteiger partial charge in [0, 0.05) is 46.0 Å². The van der Waals surface area contributed by atoms with Crippen LogP contribution in [-0.2, 0) is 4.79 Å². The van der Waals surface area contributed by atoms with Crippen LogP contribution in [0.2, 0.25) is 5.02 Å². The molecule has 0 aliphatic carbocycles. The summed E-state index contributed by atoms with van der Waals surface area (Å²) in [5.74, 6) is -0.872. The van der Waals surface area contributed by atoms with Crippen molar-refractivity contribution in [3.05, 3.63) is 50.2 Å². The summed E-state index contributed by atoms with van der Waals surface area (Å²) in [6, 6.07) is 4.97. The minimum Gasteiger partial charge on any atom is -0.358 e. The lowest BCUT2D eigenvalue weighted by atomic mass is 10.1. The van der Waals surface area contributed by atoms with Gasteiger partial charge in [0.1, 0.15) is 10.7 Å². The molecular weight excluding hydrogens is 458 g/mol. The minimum atomic E-state index is -0.439. The van der Waals surface area contributed by atoms with Crippen molar-refractivity contribution in [3.8, 4) is 0 Å². The Balaban J connectivity index is 1.53. The van der Waals surface area contributed by atoms with Crippen LogP contribution in [0.5, 0.6) is 0 Å². The molecule has 1 aliphatic heterocycles. The summed E-state index contributed by atoms with van der Waals surface area (Å²) in [6.07, 6.45) is 0.561. The predicted octanol–water partition coefficient (Wildman–Crippen LogP) is 2.40. The molecule has 0 unspecified atom stereocenters. The van der Waals surface area contributed by atoms with Crippen LogP contribution in [0.25, 0.3) is 10.1 Å². The Kier molecular flexibility index (Phi) is 6.24. The molecule has 0 bridgehead atoms. The number of nitrogens with one attached hydrogen (secondary N) is 2. The highest BCUT2D eigenvalue weighted by Crippen LogP contribution is 2.36. The van der Waals surface area contributed by atoms with Crippen LogP contribution in [0.4, 0.5) is 0 Å². The Hall–Kier alpha value is -2.53. The molecule has 0 radical (unpaired) electrons. The molecule has 1 aliphatic rings. The fourth-order valence-electron chi connectivity index (χ4n) is 3.51. The molecule has 0 spiro atoms. The molecule has 1 saturated heterocycles. The summed E-state index contributed by atoms with van der Waals surface area (Å²) in [5.41, 5.74) is 6.94. The molecule has 3 aromatic rings. The minimum absolute atomic E-state index is 0.129. The Bertz CT molecular complexity index is 1160. The molecule has 31 heavy (non-hydrogen) atoms. The van der Waals surface area contributed by atoms with Gasteiger partial charge in [0.05, 0.1) is 17.6 Å². The van der Waals surface area contributed by atoms with Gasteiger partial charge in [0.2, 0.25) is 5.91 Å². The van der Waals surface area contributed by atoms with Gasteiger partial charge >= 0.3 is 0 Å². The molecule has 1 aromatic carbocycles. The molecule has 1 fully saturated rings. The fraction of sp³-hybridized carbons (Fsp3) is 0.300. The first-order chi connectivity index (χ1) is 14.9. The highest BCUT2D eigenvalue weighted by atomic mass is 35.5. The van der Waals surface area contributed by atoms with Crippen molar-refractivity contribution >= 4 is 62.1 Å². The summed E-state index contributed by atoms with van der Waals surface area (Å²) >= 11 is 8.96. The number of hydrogen-bond donors (Lipinski definition) is 3. The Morgan fingerprint density at radius 1 is 1.29 bits per heavy atom. The number of likely N-dealkylation sites (N-methyl/N-ethyl adjacent to an activating group) is 1. The number of carbonyl (C=O) groups excluding carboxylic acids is 3. The van der Waals surface area contributed by atoms with Crippen LogP contribution < -0.4 is 16.4 Å². The van der Waals surface area contributed by atoms with E-state index in [0.717, 1.165) is 10.1 Å². The van der Waals surface area contributed by atoms with E-state index in [9.17, 15) is 14.4 Å². The van der Waals surface area contributed by atoms with Gasteiger partial charge in [0.15, 0.2) is 0 Å². The second-order valence-electron chi connectivity index (χ2n) is 7.19. The highest BCUT2D eigenvalue weighted by molar-refractivity contribution is 7.17. The van der Waals surface area contributed by atoms with Crippen molar-refractivity contribution in [2.45, 2.75) is 18.5 Å². The van der Waals surface area contributed by atoms with E-state index in [4.69, 9.17) is 17.3 Å². The zero-order valence-electron chi connectivity index (χ0n) is 16.6. The van der Waals surface area contributed by atoms with Crippen molar-refractivity contribution in [2.24, 2.45) is 5.73 Å². The number of carbonyl (C=O) groups is 3. The molecule has 2 aromatic heterocycles. The van der Waals surface area contributed by atoms with Gasteiger partial charge in [0.25, 0.3) is 11.8 Å². The maximum absolute atomic E-state index is 13.3. The van der Waals surface area contributed by atoms with Crippen molar-refractivity contribution in [1.29, 1.82) is 0 Å². The standard InChI is InChI=1S/C20H20ClN5O3S2/c1-23-17(27)6-24-18(28)14-9-31-19(25-14)15-5-11(22)7-26(15)20(29)10-2-3-12-13(21)8-30-16(12)4-10/h2-4,8-9,11,15H,5-7,22H2,1H3,(H,23,27)(H,24,28)/t11-,15+/m1/s1. The van der Waals surface area contributed by atoms with Gasteiger partial charge < -0.3 is 21.3 Å². The third kappa shape index (κ3) is 4.42. The van der Waals surface area contributed by atoms with E-state index in [-0.39, 0.29) is 36.1 Å². The highest BCUT2D eigenvalue weighted by Gasteiger charge is 2.37. The molecule has 0 saturated carbocycles. The first kappa shape index (κ1) is 21.7. The number of thiophene rings is 1. The average Bonchev–Trinajstić information content (AvgIpc) is 3.49. The number of thiazole rings is 1. The maximum atomic E-state index is 13.3. The van der Waals surface area contributed by atoms with E-state index in [2.05, 4.69) is 15.6 Å². The van der Waals surface area contributed by atoms with Crippen LogP contribution in [0.1, 0.15) is 38.3 Å². The SMILES string of the molecule is CNC(=O)CNC(=O)c1csc([C@@H]2C[C@@H](N)CN2C(=O)c2ccc3c(Cl)csc3c2)n1. The van der Waals surface area contributed by atoms with Gasteiger partial charge in [-0.25, -0.2) is 4.98 Å². The lowest BCUT2D eigenvalue weighted by Gasteiger charge is -2.23. The van der Waals surface area contributed by atoms with Gasteiger partial charge in [-0.15, -0.1) is 22.7 Å². The molecule has 162 valence electrons. The number of hydrogen-bond acceptors (Lipinski definition) is 7. The quantitative estimate of drug-likeness (QED) is 0.521. The van der Waals surface area contributed by atoms with E-state index in [1.54, 1.807) is 16.3 Å². The number of benzene rings is 1. The van der Waals surface area contributed by atoms with Gasteiger partial charge in [-0.2, -0.15) is 0 Å². The number of rotatable bonds is 5. The number of nitrogens with zero attached hydrogens (tertiary/aromatic N) is 2. The topological polar surface area (TPSA) is 117 Å². The smallest absolute Gasteiger partial charge is 0.271 e. The summed E-state index contributed by atoms with van der Waals surface area (Å²) in [5, 5.41) is 10.7. The lowest BCUT2D eigenvalue weighted by Crippen LogP contribution is -2.35. The maximum Gasteiger partial charge on any atom is 0.271 e. The Morgan fingerprint density at radius 3 is 2.87 bits per heavy atom. The number of likely N-dealkylation sites (tertiary alicyclic amines) is 1. The van der Waals surface area contributed by atoms with E-state index in [1.165, 1.54) is 29.7 Å². The fourth-order valence-corrected chi connectivity index (χ4v) is 5.64. The van der Waals surface area contributed by atoms with Gasteiger partial charge in [-0.3, -0.25) is 14.4 Å². The summed E-state index contributed by atoms with van der Waals surface area (Å²) in [7, 11) is 1.50. The molecule has 8 nitrogen and oxygen atoms in total. The van der Waals surface area contributed by atoms with E-state index >= 15 is 0 Å². The predicted molar refractivity (Wildman–Crippen MR) is 122 cm³/mol. The van der Waals surface area contributed by atoms with Crippen LogP contribution in [0.15, 0.2) is 29.0 Å². The molecule has 3 amide bonds. The summed E-state index contributed by atoms with van der Waals surface area (Å²) in [4.78, 5) is 43.0. The average molecular weight is 478 g/mol. The van der Waals surface area contributed by atoms with E-state index < -0.39 is 5.91 Å². The number of aromatic nitrogens is 1. The monoisotopic (exact) mass is 477 g/mol. The first-order valence-corrected chi connectivity index (χ1v) is 11.7. The van der Waals surface area contributed by atoms with Gasteiger partial charge in [-0.1, -0.05) is 17.7 Å². The van der Waals surface area contributed by atoms with Crippen molar-refractivity contribution in [3.63, 3.8) is 0 Å². The van der Waals surface area contributed by atoms with Crippen molar-refractivity contribution in [2.75, 3.05) is 20.1 Å². The first-order valence-electron chi connectivity index (χ1n) is 9.55. The lowest BCUT2D eigenvalue weighted by molar-refractivity contribution is -0.119. The number of amides is 3. The second kappa shape index (κ2) is 8.91. The zero-order valence-corrected chi connectivity index (χ0v) is 18.9. The molecule has 11 heteroatoms. The van der Waals surface area contributed by atoms with Crippen molar-refractivity contribution in [1.82, 2.24) is 20.5 Å². The summed E-state index contributed by atoms with van der Waals surface area (Å²) in [6.45, 7) is 0.279. The molecule has 4 rings (SSSR count). The zero-order chi connectivity index (χ0) is 22.1. The number of nitrogens with two attached hydrogens (primary N) is 1. The van der Waals surface area contributed by atoms with E-state index in [0.29, 0.717) is 28.6 Å². The third-order valence-electron chi connectivity index (χ3n) is 5.10. The van der Waals surface area contributed by atoms with Crippen LogP contribution in [0.3, 0.4) is 0 Å². The molecule has 2 atom stereocenters. The largest absolute Gasteiger partial charge is 0.358 e. The number of halogens is 1. The molecular formula is C20H20ClN5O3S2. The van der Waals surface area contributed by atoms with Crippen molar-refractivity contribution < 1.29 is 14.4 Å². The van der Waals surface area contributed by atoms with E-state index in [1.807, 2.05) is 17.5 Å². The van der Waals surface area contributed by atoms with Gasteiger partial charge in [-0.05, 0) is 18.6 Å². The Labute approximate surface area is 191 Å². The summed E-state index contributed by atoms with van der Waals surface area (Å²) < 4.78 is 0.945. The number of fused-ring (bicyclic) bond motifs is 1. The Morgan fingerprint density at radius 2 is 2.10 bits per heavy atom.